The molecule has 24 heavy (non-hydrogen) atoms. The summed E-state index contributed by atoms with van der Waals surface area (Å²) in [6.07, 6.45) is 4.95. The van der Waals surface area contributed by atoms with Crippen LogP contribution in [-0.2, 0) is 6.42 Å². The third kappa shape index (κ3) is 4.16. The van der Waals surface area contributed by atoms with Gasteiger partial charge in [-0.25, -0.2) is 0 Å². The van der Waals surface area contributed by atoms with Crippen LogP contribution in [0.3, 0.4) is 0 Å². The van der Waals surface area contributed by atoms with Gasteiger partial charge in [0.25, 0.3) is 5.91 Å². The predicted molar refractivity (Wildman–Crippen MR) is 103 cm³/mol. The lowest BCUT2D eigenvalue weighted by Gasteiger charge is -2.35. The molecule has 134 valence electrons. The van der Waals surface area contributed by atoms with Gasteiger partial charge in [0.2, 0.25) is 0 Å². The van der Waals surface area contributed by atoms with Crippen LogP contribution >= 0.6 is 24.8 Å². The van der Waals surface area contributed by atoms with Gasteiger partial charge < -0.3 is 10.2 Å². The highest BCUT2D eigenvalue weighted by Crippen LogP contribution is 2.30. The van der Waals surface area contributed by atoms with Crippen molar-refractivity contribution in [3.05, 3.63) is 29.3 Å². The summed E-state index contributed by atoms with van der Waals surface area (Å²) < 4.78 is 0. The molecule has 1 saturated carbocycles. The topological polar surface area (TPSA) is 35.6 Å². The van der Waals surface area contributed by atoms with Gasteiger partial charge in [0.15, 0.2) is 0 Å². The number of piperazine rings is 1. The molecule has 1 aromatic rings. The molecule has 0 radical (unpaired) electrons. The molecule has 1 aliphatic carbocycles. The number of halogens is 2. The van der Waals surface area contributed by atoms with Crippen LogP contribution in [0.25, 0.3) is 0 Å². The number of rotatable bonds is 3. The van der Waals surface area contributed by atoms with Crippen LogP contribution in [0.2, 0.25) is 0 Å². The van der Waals surface area contributed by atoms with E-state index in [2.05, 4.69) is 16.3 Å². The zero-order chi connectivity index (χ0) is 14.9. The Morgan fingerprint density at radius 1 is 1.12 bits per heavy atom. The number of nitrogens with one attached hydrogen (secondary N) is 1. The summed E-state index contributed by atoms with van der Waals surface area (Å²) in [6, 6.07) is 6.11. The van der Waals surface area contributed by atoms with E-state index in [1.165, 1.54) is 24.9 Å². The maximum Gasteiger partial charge on any atom is 0.254 e. The van der Waals surface area contributed by atoms with Crippen molar-refractivity contribution in [2.45, 2.75) is 25.7 Å². The fourth-order valence-corrected chi connectivity index (χ4v) is 3.68. The third-order valence-electron chi connectivity index (χ3n) is 5.20. The molecule has 1 N–H and O–H groups in total. The van der Waals surface area contributed by atoms with Gasteiger partial charge in [0.1, 0.15) is 0 Å². The molecular weight excluding hydrogens is 345 g/mol. The fraction of sp³-hybridized carbons (Fsp3) is 0.611. The first-order valence-electron chi connectivity index (χ1n) is 8.68. The maximum absolute atomic E-state index is 12.9. The van der Waals surface area contributed by atoms with Crippen LogP contribution in [0.5, 0.6) is 0 Å². The number of carbonyl (C=O) groups excluding carboxylic acids is 1. The van der Waals surface area contributed by atoms with Crippen molar-refractivity contribution in [1.82, 2.24) is 9.80 Å². The number of amides is 1. The highest BCUT2D eigenvalue weighted by atomic mass is 35.5. The van der Waals surface area contributed by atoms with Gasteiger partial charge in [0, 0.05) is 50.5 Å². The second kappa shape index (κ2) is 8.41. The van der Waals surface area contributed by atoms with Crippen molar-refractivity contribution in [2.24, 2.45) is 5.92 Å². The van der Waals surface area contributed by atoms with Crippen molar-refractivity contribution < 1.29 is 4.79 Å². The summed E-state index contributed by atoms with van der Waals surface area (Å²) in [7, 11) is 0. The second-order valence-corrected chi connectivity index (χ2v) is 6.90. The standard InChI is InChI=1S/C18H25N3O.2ClH/c22-18(16-3-1-5-17-15(16)4-2-8-19-17)21-11-9-20(10-12-21)13-14-6-7-14;;/h1,3,5,14,19H,2,4,6-13H2;2*1H. The first kappa shape index (κ1) is 19.4. The summed E-state index contributed by atoms with van der Waals surface area (Å²) in [6.45, 7) is 6.09. The van der Waals surface area contributed by atoms with Crippen molar-refractivity contribution in [3.63, 3.8) is 0 Å². The Balaban J connectivity index is 0.00000104. The number of nitrogens with zero attached hydrogens (tertiary/aromatic N) is 2. The first-order valence-corrected chi connectivity index (χ1v) is 8.68. The van der Waals surface area contributed by atoms with E-state index >= 15 is 0 Å². The number of hydrogen-bond acceptors (Lipinski definition) is 3. The highest BCUT2D eigenvalue weighted by molar-refractivity contribution is 5.97. The Bertz CT molecular complexity index is 569. The molecular formula is C18H27Cl2N3O. The van der Waals surface area contributed by atoms with E-state index in [4.69, 9.17) is 0 Å². The van der Waals surface area contributed by atoms with Gasteiger partial charge in [-0.05, 0) is 49.3 Å². The average molecular weight is 372 g/mol. The Morgan fingerprint density at radius 2 is 1.88 bits per heavy atom. The molecule has 2 fully saturated rings. The highest BCUT2D eigenvalue weighted by Gasteiger charge is 2.29. The van der Waals surface area contributed by atoms with E-state index in [0.29, 0.717) is 0 Å². The summed E-state index contributed by atoms with van der Waals surface area (Å²) >= 11 is 0. The monoisotopic (exact) mass is 371 g/mol. The lowest BCUT2D eigenvalue weighted by Crippen LogP contribution is -2.49. The largest absolute Gasteiger partial charge is 0.385 e. The van der Waals surface area contributed by atoms with Crippen molar-refractivity contribution in [3.8, 4) is 0 Å². The number of benzene rings is 1. The molecule has 0 unspecified atom stereocenters. The molecule has 1 saturated heterocycles. The number of carbonyl (C=O) groups is 1. The molecule has 6 heteroatoms. The molecule has 3 aliphatic rings. The predicted octanol–water partition coefficient (Wildman–Crippen LogP) is 3.06. The van der Waals surface area contributed by atoms with Gasteiger partial charge in [-0.2, -0.15) is 0 Å². The molecule has 0 bridgehead atoms. The van der Waals surface area contributed by atoms with Gasteiger partial charge in [-0.3, -0.25) is 9.69 Å². The summed E-state index contributed by atoms with van der Waals surface area (Å²) in [5.41, 5.74) is 3.30. The molecule has 0 spiro atoms. The molecule has 2 heterocycles. The molecule has 1 amide bonds. The van der Waals surface area contributed by atoms with Gasteiger partial charge >= 0.3 is 0 Å². The van der Waals surface area contributed by atoms with Crippen LogP contribution in [0.15, 0.2) is 18.2 Å². The fourth-order valence-electron chi connectivity index (χ4n) is 3.68. The third-order valence-corrected chi connectivity index (χ3v) is 5.20. The van der Waals surface area contributed by atoms with Gasteiger partial charge in [-0.1, -0.05) is 6.07 Å². The zero-order valence-electron chi connectivity index (χ0n) is 14.0. The SMILES string of the molecule is Cl.Cl.O=C(c1cccc2c1CCCN2)N1CCN(CC2CC2)CC1. The van der Waals surface area contributed by atoms with E-state index < -0.39 is 0 Å². The van der Waals surface area contributed by atoms with Crippen LogP contribution in [-0.4, -0.2) is 55.0 Å². The van der Waals surface area contributed by atoms with Crippen LogP contribution in [0.1, 0.15) is 35.2 Å². The van der Waals surface area contributed by atoms with Gasteiger partial charge in [-0.15, -0.1) is 24.8 Å². The van der Waals surface area contributed by atoms with Crippen LogP contribution in [0.4, 0.5) is 5.69 Å². The quantitative estimate of drug-likeness (QED) is 0.886. The minimum absolute atomic E-state index is 0. The lowest BCUT2D eigenvalue weighted by atomic mass is 9.96. The van der Waals surface area contributed by atoms with Crippen molar-refractivity contribution in [1.29, 1.82) is 0 Å². The zero-order valence-corrected chi connectivity index (χ0v) is 15.6. The number of anilines is 1. The summed E-state index contributed by atoms with van der Waals surface area (Å²) in [4.78, 5) is 17.5. The number of fused-ring (bicyclic) bond motifs is 1. The van der Waals surface area contributed by atoms with Crippen LogP contribution < -0.4 is 5.32 Å². The molecule has 2 aliphatic heterocycles. The van der Waals surface area contributed by atoms with Crippen molar-refractivity contribution in [2.75, 3.05) is 44.6 Å². The maximum atomic E-state index is 12.9. The van der Waals surface area contributed by atoms with Gasteiger partial charge in [0.05, 0.1) is 0 Å². The van der Waals surface area contributed by atoms with E-state index in [1.54, 1.807) is 0 Å². The van der Waals surface area contributed by atoms with Crippen molar-refractivity contribution >= 4 is 36.4 Å². The second-order valence-electron chi connectivity index (χ2n) is 6.90. The number of hydrogen-bond donors (Lipinski definition) is 1. The van der Waals surface area contributed by atoms with E-state index in [0.717, 1.165) is 62.7 Å². The molecule has 4 nitrogen and oxygen atoms in total. The minimum Gasteiger partial charge on any atom is -0.385 e. The molecule has 0 atom stereocenters. The van der Waals surface area contributed by atoms with Crippen LogP contribution in [0, 0.1) is 5.92 Å². The Morgan fingerprint density at radius 3 is 2.58 bits per heavy atom. The molecule has 0 aromatic heterocycles. The van der Waals surface area contributed by atoms with E-state index in [9.17, 15) is 4.79 Å². The Hall–Kier alpha value is -0.970. The van der Waals surface area contributed by atoms with E-state index in [-0.39, 0.29) is 30.7 Å². The average Bonchev–Trinajstić information content (AvgIpc) is 3.38. The normalized spacial score (nSPS) is 20.2. The lowest BCUT2D eigenvalue weighted by molar-refractivity contribution is 0.0631. The Kier molecular flexibility index (Phi) is 6.79. The smallest absolute Gasteiger partial charge is 0.254 e. The first-order chi connectivity index (χ1) is 10.8. The summed E-state index contributed by atoms with van der Waals surface area (Å²) in [5.74, 6) is 1.17. The molecule has 4 rings (SSSR count). The van der Waals surface area contributed by atoms with E-state index in [1.807, 2.05) is 17.0 Å². The molecule has 1 aromatic carbocycles. The summed E-state index contributed by atoms with van der Waals surface area (Å²) in [5, 5.41) is 3.42. The minimum atomic E-state index is 0. The Labute approximate surface area is 156 Å².